The molecule has 2 aromatic rings. The Balaban J connectivity index is 1.64. The zero-order valence-corrected chi connectivity index (χ0v) is 14.4. The fraction of sp³-hybridized carbons (Fsp3) is 0.438. The minimum Gasteiger partial charge on any atom is -0.334 e. The number of hydrogen-bond acceptors (Lipinski definition) is 5. The van der Waals surface area contributed by atoms with E-state index < -0.39 is 0 Å². The third-order valence-electron chi connectivity index (χ3n) is 3.73. The summed E-state index contributed by atoms with van der Waals surface area (Å²) in [5.41, 5.74) is 1.89. The minimum atomic E-state index is 0.184. The first-order chi connectivity index (χ1) is 10.6. The second-order valence-electron chi connectivity index (χ2n) is 5.48. The first-order valence-electron chi connectivity index (χ1n) is 7.41. The Morgan fingerprint density at radius 1 is 1.41 bits per heavy atom. The highest BCUT2D eigenvalue weighted by atomic mass is 32.2. The molecule has 0 radical (unpaired) electrons. The van der Waals surface area contributed by atoms with Gasteiger partial charge in [-0.15, -0.1) is 11.3 Å². The summed E-state index contributed by atoms with van der Waals surface area (Å²) in [4.78, 5) is 24.6. The molecule has 1 amide bonds. The Labute approximate surface area is 139 Å². The van der Waals surface area contributed by atoms with Gasteiger partial charge in [0.15, 0.2) is 5.16 Å². The number of aryl methyl sites for hydroxylation is 2. The van der Waals surface area contributed by atoms with E-state index in [1.165, 1.54) is 16.6 Å². The smallest absolute Gasteiger partial charge is 0.233 e. The Kier molecular flexibility index (Phi) is 4.78. The van der Waals surface area contributed by atoms with Crippen LogP contribution in [0, 0.1) is 13.8 Å². The van der Waals surface area contributed by atoms with Crippen LogP contribution in [0.3, 0.4) is 0 Å². The summed E-state index contributed by atoms with van der Waals surface area (Å²) >= 11 is 3.17. The normalized spacial score (nSPS) is 17.9. The van der Waals surface area contributed by atoms with E-state index in [0.717, 1.165) is 30.8 Å². The third kappa shape index (κ3) is 3.50. The number of rotatable bonds is 4. The molecule has 0 aliphatic carbocycles. The van der Waals surface area contributed by atoms with E-state index in [1.807, 2.05) is 24.8 Å². The van der Waals surface area contributed by atoms with Gasteiger partial charge in [0.25, 0.3) is 0 Å². The summed E-state index contributed by atoms with van der Waals surface area (Å²) in [6, 6.07) is 6.38. The number of carbonyl (C=O) groups excluding carboxylic acids is 1. The fourth-order valence-electron chi connectivity index (χ4n) is 2.81. The second-order valence-corrected chi connectivity index (χ2v) is 7.40. The van der Waals surface area contributed by atoms with Gasteiger partial charge in [0.2, 0.25) is 5.91 Å². The minimum absolute atomic E-state index is 0.184. The van der Waals surface area contributed by atoms with E-state index in [-0.39, 0.29) is 11.9 Å². The van der Waals surface area contributed by atoms with E-state index in [4.69, 9.17) is 0 Å². The summed E-state index contributed by atoms with van der Waals surface area (Å²) in [6.07, 6.45) is 2.15. The van der Waals surface area contributed by atoms with Crippen molar-refractivity contribution in [1.29, 1.82) is 0 Å². The summed E-state index contributed by atoms with van der Waals surface area (Å²) in [5.74, 6) is 0.591. The Bertz CT molecular complexity index is 637. The highest BCUT2D eigenvalue weighted by Gasteiger charge is 2.30. The number of hydrogen-bond donors (Lipinski definition) is 0. The molecule has 6 heteroatoms. The van der Waals surface area contributed by atoms with Crippen molar-refractivity contribution < 1.29 is 4.79 Å². The molecule has 0 bridgehead atoms. The molecule has 3 heterocycles. The predicted molar refractivity (Wildman–Crippen MR) is 90.2 cm³/mol. The van der Waals surface area contributed by atoms with Crippen LogP contribution in [0.15, 0.2) is 28.7 Å². The summed E-state index contributed by atoms with van der Waals surface area (Å²) in [5, 5.41) is 2.77. The molecule has 0 saturated carbocycles. The van der Waals surface area contributed by atoms with Gasteiger partial charge in [-0.3, -0.25) is 4.79 Å². The largest absolute Gasteiger partial charge is 0.334 e. The highest BCUT2D eigenvalue weighted by molar-refractivity contribution is 7.99. The zero-order valence-electron chi connectivity index (χ0n) is 12.8. The van der Waals surface area contributed by atoms with E-state index in [9.17, 15) is 4.79 Å². The van der Waals surface area contributed by atoms with Gasteiger partial charge >= 0.3 is 0 Å². The van der Waals surface area contributed by atoms with E-state index in [0.29, 0.717) is 10.9 Å². The van der Waals surface area contributed by atoms with Crippen molar-refractivity contribution in [3.05, 3.63) is 39.8 Å². The molecule has 1 saturated heterocycles. The van der Waals surface area contributed by atoms with Crippen molar-refractivity contribution in [2.45, 2.75) is 37.9 Å². The lowest BCUT2D eigenvalue weighted by Gasteiger charge is -2.23. The van der Waals surface area contributed by atoms with Crippen molar-refractivity contribution in [2.75, 3.05) is 12.3 Å². The average Bonchev–Trinajstić information content (AvgIpc) is 3.13. The number of likely N-dealkylation sites (tertiary alicyclic amines) is 1. The lowest BCUT2D eigenvalue weighted by molar-refractivity contribution is -0.129. The van der Waals surface area contributed by atoms with E-state index >= 15 is 0 Å². The molecule has 1 unspecified atom stereocenters. The summed E-state index contributed by atoms with van der Waals surface area (Å²) in [6.45, 7) is 4.76. The SMILES string of the molecule is Cc1cc(C)nc(SCC(=O)N2CCCC2c2cccs2)n1. The monoisotopic (exact) mass is 333 g/mol. The number of thioether (sulfide) groups is 1. The number of thiophene rings is 1. The number of amides is 1. The Hall–Kier alpha value is -1.40. The van der Waals surface area contributed by atoms with Crippen LogP contribution < -0.4 is 0 Å². The molecule has 1 aliphatic heterocycles. The molecule has 116 valence electrons. The van der Waals surface area contributed by atoms with Gasteiger partial charge in [-0.05, 0) is 44.2 Å². The van der Waals surface area contributed by atoms with Crippen LogP contribution in [0.1, 0.15) is 35.1 Å². The predicted octanol–water partition coefficient (Wildman–Crippen LogP) is 3.61. The van der Waals surface area contributed by atoms with Crippen molar-refractivity contribution >= 4 is 29.0 Å². The third-order valence-corrected chi connectivity index (χ3v) is 5.54. The molecule has 1 atom stereocenters. The van der Waals surface area contributed by atoms with E-state index in [2.05, 4.69) is 27.5 Å². The molecule has 0 N–H and O–H groups in total. The summed E-state index contributed by atoms with van der Waals surface area (Å²) < 4.78 is 0. The molecule has 0 spiro atoms. The number of aromatic nitrogens is 2. The first kappa shape index (κ1) is 15.5. The van der Waals surface area contributed by atoms with Gasteiger partial charge in [0.05, 0.1) is 11.8 Å². The maximum absolute atomic E-state index is 12.5. The molecule has 3 rings (SSSR count). The zero-order chi connectivity index (χ0) is 15.5. The number of carbonyl (C=O) groups is 1. The quantitative estimate of drug-likeness (QED) is 0.633. The van der Waals surface area contributed by atoms with Crippen molar-refractivity contribution in [3.63, 3.8) is 0 Å². The molecular weight excluding hydrogens is 314 g/mol. The first-order valence-corrected chi connectivity index (χ1v) is 9.28. The van der Waals surface area contributed by atoms with Crippen molar-refractivity contribution in [1.82, 2.24) is 14.9 Å². The lowest BCUT2D eigenvalue weighted by Crippen LogP contribution is -2.31. The van der Waals surface area contributed by atoms with Crippen LogP contribution in [0.5, 0.6) is 0 Å². The van der Waals surface area contributed by atoms with Gasteiger partial charge in [0, 0.05) is 22.8 Å². The Morgan fingerprint density at radius 3 is 2.86 bits per heavy atom. The molecule has 1 fully saturated rings. The average molecular weight is 333 g/mol. The van der Waals surface area contributed by atoms with Gasteiger partial charge in [-0.2, -0.15) is 0 Å². The fourth-order valence-corrected chi connectivity index (χ4v) is 4.52. The Morgan fingerprint density at radius 2 is 2.18 bits per heavy atom. The van der Waals surface area contributed by atoms with Crippen LogP contribution in [0.25, 0.3) is 0 Å². The highest BCUT2D eigenvalue weighted by Crippen LogP contribution is 2.35. The molecule has 2 aromatic heterocycles. The topological polar surface area (TPSA) is 46.1 Å². The van der Waals surface area contributed by atoms with Crippen molar-refractivity contribution in [3.8, 4) is 0 Å². The molecule has 4 nitrogen and oxygen atoms in total. The van der Waals surface area contributed by atoms with Gasteiger partial charge in [0.1, 0.15) is 0 Å². The van der Waals surface area contributed by atoms with Crippen LogP contribution >= 0.6 is 23.1 Å². The molecule has 0 aromatic carbocycles. The van der Waals surface area contributed by atoms with Crippen LogP contribution in [-0.4, -0.2) is 33.1 Å². The number of nitrogens with zero attached hydrogens (tertiary/aromatic N) is 3. The second kappa shape index (κ2) is 6.79. The van der Waals surface area contributed by atoms with Gasteiger partial charge < -0.3 is 4.90 Å². The van der Waals surface area contributed by atoms with Crippen LogP contribution in [-0.2, 0) is 4.79 Å². The summed E-state index contributed by atoms with van der Waals surface area (Å²) in [7, 11) is 0. The maximum Gasteiger partial charge on any atom is 0.233 e. The van der Waals surface area contributed by atoms with E-state index in [1.54, 1.807) is 11.3 Å². The molecule has 22 heavy (non-hydrogen) atoms. The lowest BCUT2D eigenvalue weighted by atomic mass is 10.2. The van der Waals surface area contributed by atoms with Crippen LogP contribution in [0.4, 0.5) is 0 Å². The van der Waals surface area contributed by atoms with Gasteiger partial charge in [-0.1, -0.05) is 17.8 Å². The molecule has 1 aliphatic rings. The standard InChI is InChI=1S/C16H19N3OS2/c1-11-9-12(2)18-16(17-11)22-10-15(20)19-7-3-5-13(19)14-6-4-8-21-14/h4,6,8-9,13H,3,5,7,10H2,1-2H3. The maximum atomic E-state index is 12.5. The van der Waals surface area contributed by atoms with Crippen LogP contribution in [0.2, 0.25) is 0 Å². The van der Waals surface area contributed by atoms with Gasteiger partial charge in [-0.25, -0.2) is 9.97 Å². The van der Waals surface area contributed by atoms with Crippen molar-refractivity contribution in [2.24, 2.45) is 0 Å². The molecular formula is C16H19N3OS2.